The molecule has 2 aromatic carbocycles. The molecule has 3 rings (SSSR count). The van der Waals surface area contributed by atoms with Crippen molar-refractivity contribution in [2.45, 2.75) is 25.0 Å². The summed E-state index contributed by atoms with van der Waals surface area (Å²) in [6.07, 6.45) is -1.87. The van der Waals surface area contributed by atoms with E-state index in [-0.39, 0.29) is 12.5 Å². The van der Waals surface area contributed by atoms with Gasteiger partial charge >= 0.3 is 12.1 Å². The van der Waals surface area contributed by atoms with Crippen molar-refractivity contribution in [3.63, 3.8) is 0 Å². The fourth-order valence-electron chi connectivity index (χ4n) is 3.27. The van der Waals surface area contributed by atoms with Crippen molar-refractivity contribution in [1.29, 1.82) is 0 Å². The number of nitrogens with one attached hydrogen (secondary N) is 1. The molecule has 0 radical (unpaired) electrons. The molecule has 0 bridgehead atoms. The van der Waals surface area contributed by atoms with Crippen molar-refractivity contribution in [3.8, 4) is 11.1 Å². The topological polar surface area (TPSA) is 84.9 Å². The molecule has 0 aromatic heterocycles. The van der Waals surface area contributed by atoms with Gasteiger partial charge in [-0.3, -0.25) is 0 Å². The van der Waals surface area contributed by atoms with E-state index in [0.717, 1.165) is 22.3 Å². The van der Waals surface area contributed by atoms with Crippen LogP contribution < -0.4 is 5.32 Å². The Kier molecular flexibility index (Phi) is 5.23. The molecule has 1 aliphatic carbocycles. The van der Waals surface area contributed by atoms with Gasteiger partial charge in [-0.05, 0) is 29.2 Å². The van der Waals surface area contributed by atoms with Gasteiger partial charge in [-0.15, -0.1) is 0 Å². The van der Waals surface area contributed by atoms with Gasteiger partial charge in [0.2, 0.25) is 0 Å². The van der Waals surface area contributed by atoms with Gasteiger partial charge in [0.1, 0.15) is 6.61 Å². The van der Waals surface area contributed by atoms with Crippen LogP contribution >= 0.6 is 0 Å². The zero-order valence-electron chi connectivity index (χ0n) is 14.6. The van der Waals surface area contributed by atoms with Crippen LogP contribution in [-0.4, -0.2) is 43.0 Å². The monoisotopic (exact) mass is 355 g/mol. The zero-order valence-corrected chi connectivity index (χ0v) is 14.6. The SMILES string of the molecule is COC(=O)[C@H](NC(=O)OCC1c2ccccc2-c2ccccc21)[C@H](C)O. The van der Waals surface area contributed by atoms with Crippen LogP contribution in [-0.2, 0) is 14.3 Å². The second-order valence-corrected chi connectivity index (χ2v) is 6.21. The first-order chi connectivity index (χ1) is 12.5. The van der Waals surface area contributed by atoms with E-state index < -0.39 is 24.2 Å². The fourth-order valence-corrected chi connectivity index (χ4v) is 3.27. The molecule has 0 fully saturated rings. The minimum Gasteiger partial charge on any atom is -0.467 e. The Balaban J connectivity index is 1.72. The largest absolute Gasteiger partial charge is 0.467 e. The molecule has 2 N–H and O–H groups in total. The molecule has 6 nitrogen and oxygen atoms in total. The smallest absolute Gasteiger partial charge is 0.407 e. The predicted molar refractivity (Wildman–Crippen MR) is 95.7 cm³/mol. The van der Waals surface area contributed by atoms with Crippen LogP contribution in [0.15, 0.2) is 48.5 Å². The highest BCUT2D eigenvalue weighted by Crippen LogP contribution is 2.44. The Bertz CT molecular complexity index is 772. The summed E-state index contributed by atoms with van der Waals surface area (Å²) < 4.78 is 9.92. The van der Waals surface area contributed by atoms with Crippen molar-refractivity contribution in [1.82, 2.24) is 5.32 Å². The number of carbonyl (C=O) groups excluding carboxylic acids is 2. The number of fused-ring (bicyclic) bond motifs is 3. The van der Waals surface area contributed by atoms with E-state index in [1.54, 1.807) is 0 Å². The number of methoxy groups -OCH3 is 1. The number of amides is 1. The lowest BCUT2D eigenvalue weighted by Crippen LogP contribution is -2.48. The quantitative estimate of drug-likeness (QED) is 0.805. The first-order valence-corrected chi connectivity index (χ1v) is 8.40. The van der Waals surface area contributed by atoms with Crippen LogP contribution in [0, 0.1) is 0 Å². The number of ether oxygens (including phenoxy) is 2. The molecule has 26 heavy (non-hydrogen) atoms. The Morgan fingerprint density at radius 2 is 1.62 bits per heavy atom. The van der Waals surface area contributed by atoms with Crippen LogP contribution in [0.25, 0.3) is 11.1 Å². The standard InChI is InChI=1S/C20H21NO5/c1-12(22)18(19(23)25-2)21-20(24)26-11-17-15-9-5-3-7-13(15)14-8-4-6-10-16(14)17/h3-10,12,17-18,22H,11H2,1-2H3,(H,21,24)/t12-,18+/m0/s1. The minimum atomic E-state index is -1.17. The second kappa shape index (κ2) is 7.58. The molecule has 136 valence electrons. The number of rotatable bonds is 5. The third-order valence-electron chi connectivity index (χ3n) is 4.55. The molecule has 2 aromatic rings. The molecule has 0 heterocycles. The molecular formula is C20H21NO5. The maximum absolute atomic E-state index is 12.1. The van der Waals surface area contributed by atoms with E-state index in [4.69, 9.17) is 4.74 Å². The normalized spacial score (nSPS) is 14.7. The van der Waals surface area contributed by atoms with Gasteiger partial charge in [-0.1, -0.05) is 48.5 Å². The summed E-state index contributed by atoms with van der Waals surface area (Å²) in [6.45, 7) is 1.53. The van der Waals surface area contributed by atoms with Crippen molar-refractivity contribution in [2.75, 3.05) is 13.7 Å². The summed E-state index contributed by atoms with van der Waals surface area (Å²) in [6, 6.07) is 14.9. The molecule has 6 heteroatoms. The molecule has 0 spiro atoms. The number of aliphatic hydroxyl groups is 1. The van der Waals surface area contributed by atoms with Crippen molar-refractivity contribution >= 4 is 12.1 Å². The first kappa shape index (κ1) is 17.9. The average Bonchev–Trinajstić information content (AvgIpc) is 2.97. The number of hydrogen-bond donors (Lipinski definition) is 2. The molecule has 1 amide bonds. The highest BCUT2D eigenvalue weighted by atomic mass is 16.6. The van der Waals surface area contributed by atoms with E-state index in [1.165, 1.54) is 14.0 Å². The summed E-state index contributed by atoms with van der Waals surface area (Å²) in [5.41, 5.74) is 4.46. The predicted octanol–water partition coefficient (Wildman–Crippen LogP) is 2.45. The Morgan fingerprint density at radius 3 is 2.12 bits per heavy atom. The van der Waals surface area contributed by atoms with Crippen LogP contribution in [0.4, 0.5) is 4.79 Å². The number of esters is 1. The molecule has 2 atom stereocenters. The zero-order chi connectivity index (χ0) is 18.7. The van der Waals surface area contributed by atoms with Crippen LogP contribution in [0.3, 0.4) is 0 Å². The average molecular weight is 355 g/mol. The summed E-state index contributed by atoms with van der Waals surface area (Å²) in [5.74, 6) is -0.801. The van der Waals surface area contributed by atoms with Crippen molar-refractivity contribution in [2.24, 2.45) is 0 Å². The van der Waals surface area contributed by atoms with Crippen molar-refractivity contribution < 1.29 is 24.2 Å². The van der Waals surface area contributed by atoms with Crippen LogP contribution in [0.2, 0.25) is 0 Å². The molecule has 1 aliphatic rings. The summed E-state index contributed by atoms with van der Waals surface area (Å²) in [5, 5.41) is 12.0. The highest BCUT2D eigenvalue weighted by molar-refractivity contribution is 5.82. The highest BCUT2D eigenvalue weighted by Gasteiger charge is 2.31. The third-order valence-corrected chi connectivity index (χ3v) is 4.55. The number of aliphatic hydroxyl groups excluding tert-OH is 1. The molecule has 0 saturated heterocycles. The van der Waals surface area contributed by atoms with Gasteiger partial charge in [0.05, 0.1) is 13.2 Å². The maximum Gasteiger partial charge on any atom is 0.407 e. The van der Waals surface area contributed by atoms with E-state index >= 15 is 0 Å². The number of carbonyl (C=O) groups is 2. The minimum absolute atomic E-state index is 0.0729. The van der Waals surface area contributed by atoms with E-state index in [2.05, 4.69) is 22.2 Å². The van der Waals surface area contributed by atoms with Gasteiger partial charge in [-0.25, -0.2) is 9.59 Å². The Labute approximate surface area is 151 Å². The lowest BCUT2D eigenvalue weighted by molar-refractivity contribution is -0.145. The molecular weight excluding hydrogens is 334 g/mol. The van der Waals surface area contributed by atoms with Gasteiger partial charge in [0.25, 0.3) is 0 Å². The summed E-state index contributed by atoms with van der Waals surface area (Å²) >= 11 is 0. The van der Waals surface area contributed by atoms with E-state index in [1.807, 2.05) is 36.4 Å². The molecule has 0 saturated carbocycles. The van der Waals surface area contributed by atoms with E-state index in [9.17, 15) is 14.7 Å². The van der Waals surface area contributed by atoms with Crippen LogP contribution in [0.5, 0.6) is 0 Å². The number of benzene rings is 2. The molecule has 0 unspecified atom stereocenters. The Morgan fingerprint density at radius 1 is 1.08 bits per heavy atom. The summed E-state index contributed by atoms with van der Waals surface area (Å²) in [7, 11) is 1.19. The lowest BCUT2D eigenvalue weighted by Gasteiger charge is -2.20. The van der Waals surface area contributed by atoms with Crippen LogP contribution in [0.1, 0.15) is 24.0 Å². The van der Waals surface area contributed by atoms with Gasteiger partial charge in [-0.2, -0.15) is 0 Å². The lowest BCUT2D eigenvalue weighted by atomic mass is 9.98. The third kappa shape index (κ3) is 3.41. The maximum atomic E-state index is 12.1. The van der Waals surface area contributed by atoms with Gasteiger partial charge < -0.3 is 19.9 Å². The van der Waals surface area contributed by atoms with E-state index in [0.29, 0.717) is 0 Å². The summed E-state index contributed by atoms with van der Waals surface area (Å²) in [4.78, 5) is 23.7. The van der Waals surface area contributed by atoms with Gasteiger partial charge in [0.15, 0.2) is 6.04 Å². The fraction of sp³-hybridized carbons (Fsp3) is 0.300. The van der Waals surface area contributed by atoms with Crippen molar-refractivity contribution in [3.05, 3.63) is 59.7 Å². The first-order valence-electron chi connectivity index (χ1n) is 8.40. The Hall–Kier alpha value is -2.86. The number of alkyl carbamates (subject to hydrolysis) is 1. The second-order valence-electron chi connectivity index (χ2n) is 6.21. The molecule has 0 aliphatic heterocycles. The number of hydrogen-bond acceptors (Lipinski definition) is 5. The van der Waals surface area contributed by atoms with Gasteiger partial charge in [0, 0.05) is 5.92 Å².